The van der Waals surface area contributed by atoms with E-state index >= 15 is 0 Å². The van der Waals surface area contributed by atoms with Crippen molar-refractivity contribution in [2.75, 3.05) is 32.6 Å². The Labute approximate surface area is 218 Å². The number of ether oxygens (including phenoxy) is 2. The average Bonchev–Trinajstić information content (AvgIpc) is 2.93. The van der Waals surface area contributed by atoms with E-state index in [0.29, 0.717) is 23.5 Å². The van der Waals surface area contributed by atoms with Crippen LogP contribution in [0.1, 0.15) is 39.9 Å². The number of amides is 2. The van der Waals surface area contributed by atoms with Gasteiger partial charge in [0.05, 0.1) is 25.5 Å². The van der Waals surface area contributed by atoms with Gasteiger partial charge in [-0.1, -0.05) is 24.3 Å². The van der Waals surface area contributed by atoms with E-state index in [1.165, 1.54) is 7.11 Å². The summed E-state index contributed by atoms with van der Waals surface area (Å²) in [5.74, 6) is 0.302. The maximum absolute atomic E-state index is 13.6. The van der Waals surface area contributed by atoms with E-state index in [0.717, 1.165) is 49.2 Å². The molecule has 8 nitrogen and oxygen atoms in total. The number of nitrogens with one attached hydrogen (secondary N) is 1. The predicted octanol–water partition coefficient (Wildman–Crippen LogP) is 4.88. The van der Waals surface area contributed by atoms with E-state index in [4.69, 9.17) is 9.47 Å². The number of aromatic nitrogens is 1. The number of urea groups is 1. The highest BCUT2D eigenvalue weighted by atomic mass is 16.5. The Morgan fingerprint density at radius 1 is 1.05 bits per heavy atom. The lowest BCUT2D eigenvalue weighted by atomic mass is 10.0. The van der Waals surface area contributed by atoms with Crippen LogP contribution in [-0.4, -0.2) is 60.1 Å². The van der Waals surface area contributed by atoms with Crippen molar-refractivity contribution in [2.45, 2.75) is 38.9 Å². The van der Waals surface area contributed by atoms with E-state index in [-0.39, 0.29) is 18.0 Å². The zero-order chi connectivity index (χ0) is 26.2. The predicted molar refractivity (Wildman–Crippen MR) is 143 cm³/mol. The molecule has 8 heteroatoms. The smallest absolute Gasteiger partial charge is 0.337 e. The Hall–Kier alpha value is -3.91. The van der Waals surface area contributed by atoms with Crippen LogP contribution in [0.15, 0.2) is 67.0 Å². The van der Waals surface area contributed by atoms with Crippen LogP contribution in [0.4, 0.5) is 10.5 Å². The maximum Gasteiger partial charge on any atom is 0.337 e. The number of carbonyl (C=O) groups excluding carboxylic acids is 2. The number of likely N-dealkylation sites (tertiary alicyclic amines) is 1. The molecule has 0 saturated carbocycles. The zero-order valence-corrected chi connectivity index (χ0v) is 21.6. The van der Waals surface area contributed by atoms with Gasteiger partial charge in [0.2, 0.25) is 0 Å². The summed E-state index contributed by atoms with van der Waals surface area (Å²) in [4.78, 5) is 33.8. The van der Waals surface area contributed by atoms with Crippen LogP contribution < -0.4 is 10.1 Å². The molecule has 1 aliphatic rings. The second-order valence-corrected chi connectivity index (χ2v) is 9.32. The molecule has 0 radical (unpaired) electrons. The van der Waals surface area contributed by atoms with E-state index in [1.807, 2.05) is 54.3 Å². The molecular formula is C29H34N4O4. The van der Waals surface area contributed by atoms with Gasteiger partial charge in [-0.3, -0.25) is 9.88 Å². The van der Waals surface area contributed by atoms with Crippen molar-refractivity contribution in [3.63, 3.8) is 0 Å². The molecule has 0 atom stereocenters. The van der Waals surface area contributed by atoms with Crippen LogP contribution in [0.25, 0.3) is 0 Å². The fourth-order valence-corrected chi connectivity index (χ4v) is 4.67. The third kappa shape index (κ3) is 6.86. The van der Waals surface area contributed by atoms with Gasteiger partial charge in [-0.2, -0.15) is 0 Å². The van der Waals surface area contributed by atoms with Crippen molar-refractivity contribution >= 4 is 17.7 Å². The molecule has 2 aromatic carbocycles. The first-order valence-corrected chi connectivity index (χ1v) is 12.5. The molecule has 1 fully saturated rings. The van der Waals surface area contributed by atoms with Crippen molar-refractivity contribution in [1.29, 1.82) is 0 Å². The first-order chi connectivity index (χ1) is 18.0. The molecule has 194 valence electrons. The minimum Gasteiger partial charge on any atom is -0.495 e. The van der Waals surface area contributed by atoms with Crippen molar-refractivity contribution in [3.05, 3.63) is 89.2 Å². The van der Waals surface area contributed by atoms with Gasteiger partial charge in [-0.15, -0.1) is 0 Å². The van der Waals surface area contributed by atoms with Gasteiger partial charge >= 0.3 is 12.0 Å². The van der Waals surface area contributed by atoms with E-state index in [2.05, 4.69) is 15.2 Å². The van der Waals surface area contributed by atoms with Gasteiger partial charge in [0.25, 0.3) is 0 Å². The quantitative estimate of drug-likeness (QED) is 0.442. The first kappa shape index (κ1) is 26.2. The number of nitrogens with zero attached hydrogens (tertiary/aromatic N) is 3. The molecule has 0 bridgehead atoms. The molecule has 4 rings (SSSR count). The van der Waals surface area contributed by atoms with Crippen LogP contribution in [0.2, 0.25) is 0 Å². The van der Waals surface area contributed by atoms with Crippen molar-refractivity contribution in [2.24, 2.45) is 0 Å². The molecule has 2 heterocycles. The highest BCUT2D eigenvalue weighted by Gasteiger charge is 2.29. The van der Waals surface area contributed by atoms with Crippen LogP contribution in [0, 0.1) is 6.92 Å². The van der Waals surface area contributed by atoms with E-state index in [1.54, 1.807) is 31.6 Å². The molecule has 3 aromatic rings. The van der Waals surface area contributed by atoms with Crippen molar-refractivity contribution < 1.29 is 19.1 Å². The molecule has 37 heavy (non-hydrogen) atoms. The number of pyridine rings is 1. The van der Waals surface area contributed by atoms with Gasteiger partial charge in [0.1, 0.15) is 5.75 Å². The highest BCUT2D eigenvalue weighted by molar-refractivity contribution is 5.91. The molecule has 1 aliphatic heterocycles. The van der Waals surface area contributed by atoms with Crippen LogP contribution in [0.3, 0.4) is 0 Å². The van der Waals surface area contributed by atoms with Gasteiger partial charge in [0, 0.05) is 44.6 Å². The second kappa shape index (κ2) is 12.4. The molecule has 1 aromatic heterocycles. The minimum absolute atomic E-state index is 0.0916. The molecular weight excluding hydrogens is 468 g/mol. The second-order valence-electron chi connectivity index (χ2n) is 9.32. The monoisotopic (exact) mass is 502 g/mol. The molecule has 0 unspecified atom stereocenters. The fourth-order valence-electron chi connectivity index (χ4n) is 4.67. The number of rotatable bonds is 8. The fraction of sp³-hybridized carbons (Fsp3) is 0.345. The molecule has 1 N–H and O–H groups in total. The summed E-state index contributed by atoms with van der Waals surface area (Å²) in [6.07, 6.45) is 5.26. The summed E-state index contributed by atoms with van der Waals surface area (Å²) in [6, 6.07) is 17.1. The summed E-state index contributed by atoms with van der Waals surface area (Å²) in [7, 11) is 2.99. The van der Waals surface area contributed by atoms with E-state index in [9.17, 15) is 9.59 Å². The van der Waals surface area contributed by atoms with Gasteiger partial charge in [0.15, 0.2) is 0 Å². The molecule has 2 amide bonds. The number of benzene rings is 2. The number of methoxy groups -OCH3 is 2. The molecule has 0 aliphatic carbocycles. The lowest BCUT2D eigenvalue weighted by Gasteiger charge is -2.38. The third-order valence-electron chi connectivity index (χ3n) is 6.71. The third-order valence-corrected chi connectivity index (χ3v) is 6.71. The number of esters is 1. The largest absolute Gasteiger partial charge is 0.495 e. The number of piperidine rings is 1. The topological polar surface area (TPSA) is 84.0 Å². The average molecular weight is 503 g/mol. The summed E-state index contributed by atoms with van der Waals surface area (Å²) < 4.78 is 10.2. The summed E-state index contributed by atoms with van der Waals surface area (Å²) in [5.41, 5.74) is 4.39. The Bertz CT molecular complexity index is 1190. The molecule has 1 saturated heterocycles. The lowest BCUT2D eigenvalue weighted by Crippen LogP contribution is -2.48. The Morgan fingerprint density at radius 2 is 1.81 bits per heavy atom. The van der Waals surface area contributed by atoms with Gasteiger partial charge < -0.3 is 19.7 Å². The minimum atomic E-state index is -0.331. The lowest BCUT2D eigenvalue weighted by molar-refractivity contribution is 0.0600. The van der Waals surface area contributed by atoms with Crippen molar-refractivity contribution in [1.82, 2.24) is 14.8 Å². The zero-order valence-electron chi connectivity index (χ0n) is 21.6. The normalized spacial score (nSPS) is 14.1. The number of carbonyl (C=O) groups is 2. The maximum atomic E-state index is 13.6. The van der Waals surface area contributed by atoms with Crippen LogP contribution >= 0.6 is 0 Å². The number of hydrogen-bond acceptors (Lipinski definition) is 6. The number of aryl methyl sites for hydroxylation is 1. The number of hydrogen-bond donors (Lipinski definition) is 1. The number of anilines is 1. The van der Waals surface area contributed by atoms with Crippen LogP contribution in [0.5, 0.6) is 5.75 Å². The summed E-state index contributed by atoms with van der Waals surface area (Å²) >= 11 is 0. The Balaban J connectivity index is 1.43. The Morgan fingerprint density at radius 3 is 2.46 bits per heavy atom. The van der Waals surface area contributed by atoms with Crippen LogP contribution in [-0.2, 0) is 17.8 Å². The SMILES string of the molecule is COC(=O)c1ccc(CN2CCC(N(Cc3cccnc3)C(=O)Nc3cc(C)ccc3OC)CC2)cc1. The van der Waals surface area contributed by atoms with Crippen molar-refractivity contribution in [3.8, 4) is 5.75 Å². The van der Waals surface area contributed by atoms with E-state index < -0.39 is 0 Å². The molecule has 0 spiro atoms. The first-order valence-electron chi connectivity index (χ1n) is 12.5. The summed E-state index contributed by atoms with van der Waals surface area (Å²) in [5, 5.41) is 3.08. The summed E-state index contributed by atoms with van der Waals surface area (Å²) in [6.45, 7) is 5.00. The standard InChI is InChI=1S/C29H34N4O4/c1-21-6-11-27(36-2)26(17-21)31-29(35)33(20-23-5-4-14-30-18-23)25-12-15-32(16-13-25)19-22-7-9-24(10-8-22)28(34)37-3/h4-11,14,17-18,25H,12-13,15-16,19-20H2,1-3H3,(H,31,35). The Kier molecular flexibility index (Phi) is 8.74. The van der Waals surface area contributed by atoms with Gasteiger partial charge in [-0.25, -0.2) is 9.59 Å². The highest BCUT2D eigenvalue weighted by Crippen LogP contribution is 2.27. The van der Waals surface area contributed by atoms with Gasteiger partial charge in [-0.05, 0) is 66.8 Å².